The van der Waals surface area contributed by atoms with E-state index in [0.717, 1.165) is 23.8 Å². The number of carbonyl (C=O) groups excluding carboxylic acids is 1. The molecule has 0 spiro atoms. The molecule has 0 bridgehead atoms. The van der Waals surface area contributed by atoms with Crippen LogP contribution in [0, 0.1) is 12.7 Å². The first-order valence-corrected chi connectivity index (χ1v) is 13.0. The third-order valence-corrected chi connectivity index (χ3v) is 9.63. The monoisotopic (exact) mass is 469 g/mol. The average molecular weight is 470 g/mol. The molecule has 10 heteroatoms. The van der Waals surface area contributed by atoms with E-state index in [9.17, 15) is 26.0 Å². The molecule has 3 atom stereocenters. The highest BCUT2D eigenvalue weighted by Gasteiger charge is 2.47. The number of ether oxygens (including phenoxy) is 1. The molecular weight excluding hydrogens is 445 g/mol. The van der Waals surface area contributed by atoms with Crippen molar-refractivity contribution in [2.24, 2.45) is 0 Å². The van der Waals surface area contributed by atoms with Crippen LogP contribution < -0.4 is 5.32 Å². The standard InChI is InChI=1S/C21H24FNO6S2/c1-14-10-16(22)8-9-19(14)31(27,28)20-13-30(25,26)12-18(20)23-17(21(24)29-2)11-15-6-4-3-5-7-15/h3-10,17-18,20,23H,11-13H2,1-2H3/t17-,18-,20-/m0/s1. The molecule has 0 aromatic heterocycles. The molecule has 7 nitrogen and oxygen atoms in total. The molecule has 3 rings (SSSR count). The van der Waals surface area contributed by atoms with Crippen LogP contribution in [0.2, 0.25) is 0 Å². The van der Waals surface area contributed by atoms with Crippen molar-refractivity contribution in [1.82, 2.24) is 5.32 Å². The predicted molar refractivity (Wildman–Crippen MR) is 114 cm³/mol. The van der Waals surface area contributed by atoms with Crippen molar-refractivity contribution >= 4 is 25.6 Å². The Bertz CT molecular complexity index is 1170. The Morgan fingerprint density at radius 3 is 2.48 bits per heavy atom. The molecular formula is C21H24FNO6S2. The van der Waals surface area contributed by atoms with E-state index in [0.29, 0.717) is 0 Å². The Morgan fingerprint density at radius 1 is 1.19 bits per heavy atom. The van der Waals surface area contributed by atoms with Crippen molar-refractivity contribution < 1.29 is 30.8 Å². The quantitative estimate of drug-likeness (QED) is 0.483. The number of rotatable bonds is 7. The second-order valence-corrected chi connectivity index (χ2v) is 11.9. The average Bonchev–Trinajstić information content (AvgIpc) is 3.02. The van der Waals surface area contributed by atoms with Gasteiger partial charge in [0.15, 0.2) is 19.7 Å². The minimum atomic E-state index is -4.12. The van der Waals surface area contributed by atoms with Gasteiger partial charge in [-0.2, -0.15) is 0 Å². The number of carbonyl (C=O) groups is 1. The van der Waals surface area contributed by atoms with Crippen LogP contribution in [0.25, 0.3) is 0 Å². The van der Waals surface area contributed by atoms with Crippen molar-refractivity contribution in [3.8, 4) is 0 Å². The van der Waals surface area contributed by atoms with E-state index < -0.39 is 60.3 Å². The SMILES string of the molecule is COC(=O)[C@H](Cc1ccccc1)N[C@H]1CS(=O)(=O)C[C@@H]1S(=O)(=O)c1ccc(F)cc1C. The summed E-state index contributed by atoms with van der Waals surface area (Å²) in [5.74, 6) is -2.22. The molecule has 168 valence electrons. The van der Waals surface area contributed by atoms with E-state index in [2.05, 4.69) is 5.32 Å². The zero-order valence-corrected chi connectivity index (χ0v) is 18.7. The number of benzene rings is 2. The second-order valence-electron chi connectivity index (χ2n) is 7.61. The summed E-state index contributed by atoms with van der Waals surface area (Å²) in [7, 11) is -6.58. The topological polar surface area (TPSA) is 107 Å². The van der Waals surface area contributed by atoms with Crippen LogP contribution in [0.5, 0.6) is 0 Å². The van der Waals surface area contributed by atoms with E-state index in [4.69, 9.17) is 4.74 Å². The van der Waals surface area contributed by atoms with Gasteiger partial charge in [-0.15, -0.1) is 0 Å². The van der Waals surface area contributed by atoms with Gasteiger partial charge >= 0.3 is 5.97 Å². The number of halogens is 1. The van der Waals surface area contributed by atoms with E-state index >= 15 is 0 Å². The van der Waals surface area contributed by atoms with Crippen LogP contribution in [0.3, 0.4) is 0 Å². The molecule has 0 amide bonds. The van der Waals surface area contributed by atoms with E-state index in [1.54, 1.807) is 24.3 Å². The fourth-order valence-electron chi connectivity index (χ4n) is 3.83. The van der Waals surface area contributed by atoms with Gasteiger partial charge in [-0.25, -0.2) is 21.2 Å². The van der Waals surface area contributed by atoms with Gasteiger partial charge in [0, 0.05) is 6.04 Å². The van der Waals surface area contributed by atoms with E-state index in [1.165, 1.54) is 14.0 Å². The lowest BCUT2D eigenvalue weighted by molar-refractivity contribution is -0.143. The lowest BCUT2D eigenvalue weighted by atomic mass is 10.0. The Kier molecular flexibility index (Phi) is 6.82. The molecule has 2 aromatic rings. The van der Waals surface area contributed by atoms with Gasteiger partial charge in [0.1, 0.15) is 11.9 Å². The lowest BCUT2D eigenvalue weighted by Gasteiger charge is -2.25. The van der Waals surface area contributed by atoms with Crippen LogP contribution in [-0.4, -0.2) is 58.8 Å². The van der Waals surface area contributed by atoms with Crippen molar-refractivity contribution in [2.45, 2.75) is 35.6 Å². The smallest absolute Gasteiger partial charge is 0.323 e. The number of aryl methyl sites for hydroxylation is 1. The van der Waals surface area contributed by atoms with E-state index in [-0.39, 0.29) is 16.9 Å². The molecule has 1 aliphatic rings. The maximum absolute atomic E-state index is 13.5. The van der Waals surface area contributed by atoms with Crippen molar-refractivity contribution in [3.05, 3.63) is 65.5 Å². The molecule has 31 heavy (non-hydrogen) atoms. The Balaban J connectivity index is 1.94. The van der Waals surface area contributed by atoms with Crippen LogP contribution in [0.15, 0.2) is 53.4 Å². The van der Waals surface area contributed by atoms with Crippen LogP contribution in [-0.2, 0) is 35.6 Å². The normalized spacial score (nSPS) is 21.5. The summed E-state index contributed by atoms with van der Waals surface area (Å²) >= 11 is 0. The fraction of sp³-hybridized carbons (Fsp3) is 0.381. The summed E-state index contributed by atoms with van der Waals surface area (Å²) in [4.78, 5) is 12.2. The maximum Gasteiger partial charge on any atom is 0.323 e. The highest BCUT2D eigenvalue weighted by molar-refractivity contribution is 7.96. The van der Waals surface area contributed by atoms with Crippen LogP contribution in [0.1, 0.15) is 11.1 Å². The molecule has 0 radical (unpaired) electrons. The highest BCUT2D eigenvalue weighted by atomic mass is 32.2. The van der Waals surface area contributed by atoms with Gasteiger partial charge in [0.25, 0.3) is 0 Å². The molecule has 1 saturated heterocycles. The molecule has 1 N–H and O–H groups in total. The van der Waals surface area contributed by atoms with Crippen LogP contribution in [0.4, 0.5) is 4.39 Å². The Labute approximate surface area is 181 Å². The maximum atomic E-state index is 13.5. The van der Waals surface area contributed by atoms with Crippen molar-refractivity contribution in [1.29, 1.82) is 0 Å². The number of esters is 1. The molecule has 0 saturated carbocycles. The summed E-state index contributed by atoms with van der Waals surface area (Å²) in [6, 6.07) is 10.3. The summed E-state index contributed by atoms with van der Waals surface area (Å²) in [5, 5.41) is 1.61. The minimum Gasteiger partial charge on any atom is -0.468 e. The van der Waals surface area contributed by atoms with Gasteiger partial charge in [0.2, 0.25) is 0 Å². The molecule has 0 unspecified atom stereocenters. The number of sulfone groups is 2. The summed E-state index contributed by atoms with van der Waals surface area (Å²) in [6.45, 7) is 1.45. The van der Waals surface area contributed by atoms with Gasteiger partial charge in [0.05, 0.1) is 28.8 Å². The zero-order chi connectivity index (χ0) is 22.8. The predicted octanol–water partition coefficient (Wildman–Crippen LogP) is 1.45. The molecule has 0 aliphatic carbocycles. The summed E-state index contributed by atoms with van der Waals surface area (Å²) < 4.78 is 69.6. The third kappa shape index (κ3) is 5.31. The molecule has 2 aromatic carbocycles. The van der Waals surface area contributed by atoms with Crippen molar-refractivity contribution in [3.63, 3.8) is 0 Å². The number of nitrogens with one attached hydrogen (secondary N) is 1. The first-order chi connectivity index (χ1) is 14.5. The van der Waals surface area contributed by atoms with Crippen LogP contribution >= 0.6 is 0 Å². The number of hydrogen-bond acceptors (Lipinski definition) is 7. The Hall–Kier alpha value is -2.30. The first kappa shape index (κ1) is 23.4. The number of methoxy groups -OCH3 is 1. The zero-order valence-electron chi connectivity index (χ0n) is 17.1. The fourth-order valence-corrected chi connectivity index (χ4v) is 8.74. The lowest BCUT2D eigenvalue weighted by Crippen LogP contribution is -2.51. The first-order valence-electron chi connectivity index (χ1n) is 9.62. The minimum absolute atomic E-state index is 0.125. The second kappa shape index (κ2) is 9.05. The molecule has 1 heterocycles. The Morgan fingerprint density at radius 2 is 1.87 bits per heavy atom. The largest absolute Gasteiger partial charge is 0.468 e. The summed E-state index contributed by atoms with van der Waals surface area (Å²) in [6.07, 6.45) is 0.201. The van der Waals surface area contributed by atoms with Crippen molar-refractivity contribution in [2.75, 3.05) is 18.6 Å². The highest BCUT2D eigenvalue weighted by Crippen LogP contribution is 2.29. The van der Waals surface area contributed by atoms with Gasteiger partial charge < -0.3 is 4.74 Å². The van der Waals surface area contributed by atoms with Gasteiger partial charge in [-0.3, -0.25) is 10.1 Å². The summed E-state index contributed by atoms with van der Waals surface area (Å²) in [5.41, 5.74) is 0.997. The molecule has 1 aliphatic heterocycles. The van der Waals surface area contributed by atoms with Gasteiger partial charge in [-0.05, 0) is 42.7 Å². The third-order valence-electron chi connectivity index (χ3n) is 5.33. The van der Waals surface area contributed by atoms with E-state index in [1.807, 2.05) is 6.07 Å². The number of hydrogen-bond donors (Lipinski definition) is 1. The molecule has 1 fully saturated rings. The van der Waals surface area contributed by atoms with Gasteiger partial charge in [-0.1, -0.05) is 30.3 Å².